The lowest BCUT2D eigenvalue weighted by molar-refractivity contribution is 0.0783. The maximum absolute atomic E-state index is 12.7. The van der Waals surface area contributed by atoms with E-state index in [0.717, 1.165) is 33.7 Å². The van der Waals surface area contributed by atoms with Crippen LogP contribution >= 0.6 is 15.9 Å². The number of hydrogen-bond acceptors (Lipinski definition) is 3. The van der Waals surface area contributed by atoms with Crippen LogP contribution in [0.1, 0.15) is 39.9 Å². The summed E-state index contributed by atoms with van der Waals surface area (Å²) in [7, 11) is 1.80. The molecule has 0 bridgehead atoms. The van der Waals surface area contributed by atoms with E-state index in [1.807, 2.05) is 60.6 Å². The van der Waals surface area contributed by atoms with Crippen LogP contribution in [-0.4, -0.2) is 37.4 Å². The molecule has 0 unspecified atom stereocenters. The van der Waals surface area contributed by atoms with Crippen molar-refractivity contribution in [1.82, 2.24) is 24.5 Å². The van der Waals surface area contributed by atoms with Crippen molar-refractivity contribution >= 4 is 21.8 Å². The highest BCUT2D eigenvalue weighted by Gasteiger charge is 2.15. The van der Waals surface area contributed by atoms with E-state index in [2.05, 4.69) is 32.2 Å². The second-order valence-corrected chi connectivity index (χ2v) is 7.58. The molecule has 0 spiro atoms. The average molecular weight is 430 g/mol. The summed E-state index contributed by atoms with van der Waals surface area (Å²) < 4.78 is 4.75. The number of benzene rings is 1. The molecule has 0 fully saturated rings. The van der Waals surface area contributed by atoms with Crippen LogP contribution in [-0.2, 0) is 19.6 Å². The van der Waals surface area contributed by atoms with Crippen molar-refractivity contribution in [3.8, 4) is 0 Å². The number of carbonyl (C=O) groups is 1. The van der Waals surface area contributed by atoms with Gasteiger partial charge in [-0.25, -0.2) is 0 Å². The zero-order chi connectivity index (χ0) is 19.6. The number of aryl methyl sites for hydroxylation is 3. The first-order chi connectivity index (χ1) is 12.9. The lowest BCUT2D eigenvalue weighted by Crippen LogP contribution is -2.26. The second kappa shape index (κ2) is 8.08. The SMILES string of the molecule is CCn1cc(Br)c(CN(C)C(=O)c2ccc(Cn3nc(C)cc3C)cc2)n1. The van der Waals surface area contributed by atoms with Crippen molar-refractivity contribution < 1.29 is 4.79 Å². The van der Waals surface area contributed by atoms with Gasteiger partial charge in [0.15, 0.2) is 0 Å². The molecule has 1 aromatic carbocycles. The zero-order valence-electron chi connectivity index (χ0n) is 16.1. The molecule has 0 radical (unpaired) electrons. The highest BCUT2D eigenvalue weighted by molar-refractivity contribution is 9.10. The molecule has 3 aromatic rings. The van der Waals surface area contributed by atoms with Crippen molar-refractivity contribution in [2.24, 2.45) is 0 Å². The molecule has 0 atom stereocenters. The number of amides is 1. The molecular weight excluding hydrogens is 406 g/mol. The Hall–Kier alpha value is -2.41. The molecule has 2 heterocycles. The quantitative estimate of drug-likeness (QED) is 0.598. The number of rotatable bonds is 6. The fourth-order valence-corrected chi connectivity index (χ4v) is 3.42. The molecule has 0 aliphatic carbocycles. The smallest absolute Gasteiger partial charge is 0.253 e. The summed E-state index contributed by atoms with van der Waals surface area (Å²) in [5.74, 6) is -0.0226. The van der Waals surface area contributed by atoms with E-state index in [0.29, 0.717) is 18.7 Å². The third-order valence-electron chi connectivity index (χ3n) is 4.48. The van der Waals surface area contributed by atoms with E-state index in [1.165, 1.54) is 0 Å². The number of halogens is 1. The molecule has 0 aliphatic heterocycles. The molecule has 2 aromatic heterocycles. The molecule has 6 nitrogen and oxygen atoms in total. The van der Waals surface area contributed by atoms with Crippen molar-refractivity contribution in [3.05, 3.63) is 69.2 Å². The first-order valence-electron chi connectivity index (χ1n) is 8.94. The van der Waals surface area contributed by atoms with Crippen molar-refractivity contribution in [2.75, 3.05) is 7.05 Å². The van der Waals surface area contributed by atoms with Crippen LogP contribution in [0.4, 0.5) is 0 Å². The lowest BCUT2D eigenvalue weighted by atomic mass is 10.1. The van der Waals surface area contributed by atoms with E-state index < -0.39 is 0 Å². The van der Waals surface area contributed by atoms with Crippen molar-refractivity contribution in [1.29, 1.82) is 0 Å². The van der Waals surface area contributed by atoms with Gasteiger partial charge in [-0.05, 0) is 60.5 Å². The topological polar surface area (TPSA) is 56.0 Å². The Morgan fingerprint density at radius 1 is 1.19 bits per heavy atom. The number of hydrogen-bond donors (Lipinski definition) is 0. The molecule has 1 amide bonds. The summed E-state index contributed by atoms with van der Waals surface area (Å²) >= 11 is 3.51. The van der Waals surface area contributed by atoms with Gasteiger partial charge in [0.2, 0.25) is 0 Å². The van der Waals surface area contributed by atoms with Crippen LogP contribution in [0.25, 0.3) is 0 Å². The van der Waals surface area contributed by atoms with Crippen molar-refractivity contribution in [2.45, 2.75) is 40.4 Å². The van der Waals surface area contributed by atoms with Gasteiger partial charge in [-0.2, -0.15) is 10.2 Å². The van der Waals surface area contributed by atoms with Crippen LogP contribution in [0.3, 0.4) is 0 Å². The van der Waals surface area contributed by atoms with Gasteiger partial charge in [0.25, 0.3) is 5.91 Å². The molecule has 27 heavy (non-hydrogen) atoms. The van der Waals surface area contributed by atoms with Crippen LogP contribution in [0.15, 0.2) is 41.0 Å². The minimum atomic E-state index is -0.0226. The van der Waals surface area contributed by atoms with Gasteiger partial charge in [0.1, 0.15) is 0 Å². The van der Waals surface area contributed by atoms with Gasteiger partial charge in [0.05, 0.1) is 29.0 Å². The molecule has 142 valence electrons. The Morgan fingerprint density at radius 2 is 1.89 bits per heavy atom. The Bertz CT molecular complexity index is 942. The van der Waals surface area contributed by atoms with Gasteiger partial charge in [0, 0.05) is 31.0 Å². The number of nitrogens with zero attached hydrogens (tertiary/aromatic N) is 5. The van der Waals surface area contributed by atoms with Gasteiger partial charge < -0.3 is 4.90 Å². The normalized spacial score (nSPS) is 11.0. The lowest BCUT2D eigenvalue weighted by Gasteiger charge is -2.16. The number of carbonyl (C=O) groups excluding carboxylic acids is 1. The van der Waals surface area contributed by atoms with Gasteiger partial charge in [-0.3, -0.25) is 14.2 Å². The predicted octanol–water partition coefficient (Wildman–Crippen LogP) is 3.80. The Balaban J connectivity index is 1.67. The largest absolute Gasteiger partial charge is 0.336 e. The average Bonchev–Trinajstić information content (AvgIpc) is 3.16. The van der Waals surface area contributed by atoms with E-state index in [1.54, 1.807) is 11.9 Å². The fraction of sp³-hybridized carbons (Fsp3) is 0.350. The van der Waals surface area contributed by atoms with Crippen molar-refractivity contribution in [3.63, 3.8) is 0 Å². The Morgan fingerprint density at radius 3 is 2.44 bits per heavy atom. The zero-order valence-corrected chi connectivity index (χ0v) is 17.7. The first kappa shape index (κ1) is 19.4. The van der Waals surface area contributed by atoms with E-state index in [9.17, 15) is 4.79 Å². The molecule has 0 saturated carbocycles. The monoisotopic (exact) mass is 429 g/mol. The summed E-state index contributed by atoms with van der Waals surface area (Å²) in [4.78, 5) is 14.4. The fourth-order valence-electron chi connectivity index (χ4n) is 2.98. The molecular formula is C20H24BrN5O. The van der Waals surface area contributed by atoms with E-state index in [4.69, 9.17) is 0 Å². The summed E-state index contributed by atoms with van der Waals surface area (Å²) in [5, 5.41) is 8.97. The summed E-state index contributed by atoms with van der Waals surface area (Å²) in [6.07, 6.45) is 1.93. The maximum atomic E-state index is 12.7. The van der Waals surface area contributed by atoms with Crippen LogP contribution in [0.2, 0.25) is 0 Å². The molecule has 0 N–H and O–H groups in total. The molecule has 0 saturated heterocycles. The Labute approximate surface area is 167 Å². The van der Waals surface area contributed by atoms with E-state index in [-0.39, 0.29) is 5.91 Å². The van der Waals surface area contributed by atoms with Gasteiger partial charge in [-0.15, -0.1) is 0 Å². The highest BCUT2D eigenvalue weighted by atomic mass is 79.9. The minimum Gasteiger partial charge on any atom is -0.336 e. The molecule has 7 heteroatoms. The molecule has 3 rings (SSSR count). The summed E-state index contributed by atoms with van der Waals surface area (Å²) in [6, 6.07) is 9.78. The predicted molar refractivity (Wildman–Crippen MR) is 109 cm³/mol. The van der Waals surface area contributed by atoms with Crippen LogP contribution in [0, 0.1) is 13.8 Å². The van der Waals surface area contributed by atoms with Crippen LogP contribution < -0.4 is 0 Å². The highest BCUT2D eigenvalue weighted by Crippen LogP contribution is 2.18. The number of aromatic nitrogens is 4. The Kier molecular flexibility index (Phi) is 5.79. The van der Waals surface area contributed by atoms with Crippen LogP contribution in [0.5, 0.6) is 0 Å². The van der Waals surface area contributed by atoms with Gasteiger partial charge in [-0.1, -0.05) is 12.1 Å². The van der Waals surface area contributed by atoms with E-state index >= 15 is 0 Å². The maximum Gasteiger partial charge on any atom is 0.253 e. The summed E-state index contributed by atoms with van der Waals surface area (Å²) in [5.41, 5.74) is 4.78. The standard InChI is InChI=1S/C20H24BrN5O/c1-5-25-12-18(21)19(23-25)13-24(4)20(27)17-8-6-16(7-9-17)11-26-15(3)10-14(2)22-26/h6-10,12H,5,11,13H2,1-4H3. The summed E-state index contributed by atoms with van der Waals surface area (Å²) in [6.45, 7) is 8.03. The first-order valence-corrected chi connectivity index (χ1v) is 9.74. The third-order valence-corrected chi connectivity index (χ3v) is 5.14. The minimum absolute atomic E-state index is 0.0226. The second-order valence-electron chi connectivity index (χ2n) is 6.72. The molecule has 0 aliphatic rings. The third kappa shape index (κ3) is 4.47. The van der Waals surface area contributed by atoms with Gasteiger partial charge >= 0.3 is 0 Å².